The van der Waals surface area contributed by atoms with Gasteiger partial charge in [-0.3, -0.25) is 9.69 Å². The Morgan fingerprint density at radius 1 is 1.15 bits per heavy atom. The second kappa shape index (κ2) is 6.90. The molecule has 2 fully saturated rings. The molecule has 0 aliphatic carbocycles. The Balaban J connectivity index is 2.03. The summed E-state index contributed by atoms with van der Waals surface area (Å²) in [7, 11) is 0. The number of nitrogens with one attached hydrogen (secondary N) is 1. The van der Waals surface area contributed by atoms with Crippen molar-refractivity contribution in [3.05, 3.63) is 0 Å². The summed E-state index contributed by atoms with van der Waals surface area (Å²) in [6.07, 6.45) is 0.579. The highest BCUT2D eigenvalue weighted by atomic mass is 16.4. The predicted molar refractivity (Wildman–Crippen MR) is 74.7 cm³/mol. The van der Waals surface area contributed by atoms with Gasteiger partial charge in [-0.05, 0) is 6.42 Å². The molecule has 0 radical (unpaired) electrons. The summed E-state index contributed by atoms with van der Waals surface area (Å²) in [6.45, 7) is 7.58. The van der Waals surface area contributed by atoms with Gasteiger partial charge in [-0.25, -0.2) is 4.79 Å². The van der Waals surface area contributed by atoms with Crippen molar-refractivity contribution in [2.75, 3.05) is 52.4 Å². The molecule has 0 aromatic carbocycles. The monoisotopic (exact) mass is 284 g/mol. The lowest BCUT2D eigenvalue weighted by molar-refractivity contribution is -0.143. The van der Waals surface area contributed by atoms with Crippen LogP contribution in [0.5, 0.6) is 0 Å². The Labute approximate surface area is 119 Å². The molecule has 1 unspecified atom stereocenters. The minimum Gasteiger partial charge on any atom is -0.480 e. The summed E-state index contributed by atoms with van der Waals surface area (Å²) >= 11 is 0. The summed E-state index contributed by atoms with van der Waals surface area (Å²) < 4.78 is 0. The number of urea groups is 1. The molecule has 0 spiro atoms. The van der Waals surface area contributed by atoms with Crippen LogP contribution >= 0.6 is 0 Å². The number of amides is 2. The van der Waals surface area contributed by atoms with Crippen LogP contribution in [-0.4, -0.2) is 90.2 Å². The van der Waals surface area contributed by atoms with Gasteiger partial charge in [-0.1, -0.05) is 6.92 Å². The molecule has 2 bridgehead atoms. The van der Waals surface area contributed by atoms with E-state index in [1.165, 1.54) is 0 Å². The summed E-state index contributed by atoms with van der Waals surface area (Å²) in [5.74, 6) is -0.781. The third-order valence-corrected chi connectivity index (χ3v) is 4.08. The molecular formula is C13H24N4O3. The lowest BCUT2D eigenvalue weighted by atomic mass is 10.2. The zero-order valence-electron chi connectivity index (χ0n) is 12.0. The van der Waals surface area contributed by atoms with Gasteiger partial charge >= 0.3 is 12.0 Å². The van der Waals surface area contributed by atoms with E-state index in [4.69, 9.17) is 0 Å². The second-order valence-electron chi connectivity index (χ2n) is 5.30. The highest BCUT2D eigenvalue weighted by molar-refractivity contribution is 5.76. The van der Waals surface area contributed by atoms with Crippen LogP contribution in [-0.2, 0) is 4.79 Å². The molecule has 2 aliphatic rings. The Morgan fingerprint density at radius 2 is 1.75 bits per heavy atom. The molecule has 114 valence electrons. The van der Waals surface area contributed by atoms with Crippen molar-refractivity contribution in [1.82, 2.24) is 20.0 Å². The van der Waals surface area contributed by atoms with Crippen LogP contribution in [0.15, 0.2) is 0 Å². The summed E-state index contributed by atoms with van der Waals surface area (Å²) in [5.41, 5.74) is 0. The maximum Gasteiger partial charge on any atom is 0.320 e. The number of nitrogens with zero attached hydrogens (tertiary/aromatic N) is 3. The molecule has 2 N–H and O–H groups in total. The molecule has 20 heavy (non-hydrogen) atoms. The number of carbonyl (C=O) groups is 2. The number of fused-ring (bicyclic) bond motifs is 2. The zero-order chi connectivity index (χ0) is 14.5. The van der Waals surface area contributed by atoms with Crippen molar-refractivity contribution >= 4 is 12.0 Å². The number of rotatable bonds is 3. The van der Waals surface area contributed by atoms with Crippen molar-refractivity contribution in [2.45, 2.75) is 19.4 Å². The van der Waals surface area contributed by atoms with Crippen molar-refractivity contribution in [3.8, 4) is 0 Å². The van der Waals surface area contributed by atoms with Crippen LogP contribution in [0.3, 0.4) is 0 Å². The smallest absolute Gasteiger partial charge is 0.320 e. The quantitative estimate of drug-likeness (QED) is 0.730. The van der Waals surface area contributed by atoms with Gasteiger partial charge in [0.05, 0.1) is 0 Å². The number of hydrogen-bond acceptors (Lipinski definition) is 4. The topological polar surface area (TPSA) is 76.1 Å². The maximum absolute atomic E-state index is 12.1. The summed E-state index contributed by atoms with van der Waals surface area (Å²) in [5, 5.41) is 12.6. The Bertz CT molecular complexity index is 364. The van der Waals surface area contributed by atoms with E-state index in [-0.39, 0.29) is 6.03 Å². The Kier molecular flexibility index (Phi) is 5.19. The third-order valence-electron chi connectivity index (χ3n) is 4.08. The minimum absolute atomic E-state index is 0.0806. The number of aliphatic carboxylic acids is 1. The Morgan fingerprint density at radius 3 is 2.40 bits per heavy atom. The van der Waals surface area contributed by atoms with Gasteiger partial charge in [0.1, 0.15) is 6.04 Å². The molecular weight excluding hydrogens is 260 g/mol. The van der Waals surface area contributed by atoms with Gasteiger partial charge in [-0.2, -0.15) is 0 Å². The fourth-order valence-corrected chi connectivity index (χ4v) is 2.87. The van der Waals surface area contributed by atoms with Gasteiger partial charge < -0.3 is 20.2 Å². The van der Waals surface area contributed by atoms with Crippen molar-refractivity contribution in [1.29, 1.82) is 0 Å². The first kappa shape index (κ1) is 15.1. The fourth-order valence-electron chi connectivity index (χ4n) is 2.87. The standard InChI is InChI=1S/C13H24N4O3/c1-2-11(12(18)19)15-5-3-14-4-6-16-9-10-17(8-7-15)13(16)20/h11,14H,2-10H2,1H3,(H,18,19). The highest BCUT2D eigenvalue weighted by Crippen LogP contribution is 2.10. The van der Waals surface area contributed by atoms with E-state index >= 15 is 0 Å². The molecule has 7 nitrogen and oxygen atoms in total. The van der Waals surface area contributed by atoms with E-state index in [1.807, 2.05) is 21.6 Å². The SMILES string of the molecule is CCC(C(=O)O)N1CCNCCN2CCN(CC1)C2=O. The van der Waals surface area contributed by atoms with Crippen LogP contribution in [0.1, 0.15) is 13.3 Å². The van der Waals surface area contributed by atoms with Crippen molar-refractivity contribution < 1.29 is 14.7 Å². The van der Waals surface area contributed by atoms with Gasteiger partial charge in [-0.15, -0.1) is 0 Å². The molecule has 0 aromatic rings. The first-order valence-corrected chi connectivity index (χ1v) is 7.35. The number of carboxylic acids is 1. The third kappa shape index (κ3) is 3.40. The summed E-state index contributed by atoms with van der Waals surface area (Å²) in [6, 6.07) is -0.386. The van der Waals surface area contributed by atoms with E-state index in [0.29, 0.717) is 26.1 Å². The van der Waals surface area contributed by atoms with Gasteiger partial charge in [0.15, 0.2) is 0 Å². The average Bonchev–Trinajstić information content (AvgIpc) is 2.73. The van der Waals surface area contributed by atoms with E-state index < -0.39 is 12.0 Å². The number of hydrogen-bond donors (Lipinski definition) is 2. The maximum atomic E-state index is 12.1. The van der Waals surface area contributed by atoms with Gasteiger partial charge in [0.2, 0.25) is 0 Å². The first-order valence-electron chi connectivity index (χ1n) is 7.35. The molecule has 0 aromatic heterocycles. The largest absolute Gasteiger partial charge is 0.480 e. The van der Waals surface area contributed by atoms with E-state index in [2.05, 4.69) is 5.32 Å². The predicted octanol–water partition coefficient (Wildman–Crippen LogP) is -0.508. The van der Waals surface area contributed by atoms with Crippen LogP contribution in [0.4, 0.5) is 4.79 Å². The number of carboxylic acid groups (broad SMARTS) is 1. The summed E-state index contributed by atoms with van der Waals surface area (Å²) in [4.78, 5) is 29.1. The van der Waals surface area contributed by atoms with Gasteiger partial charge in [0, 0.05) is 52.4 Å². The Hall–Kier alpha value is -1.34. The van der Waals surface area contributed by atoms with Gasteiger partial charge in [0.25, 0.3) is 0 Å². The molecule has 2 amide bonds. The lowest BCUT2D eigenvalue weighted by Crippen LogP contribution is -2.47. The van der Waals surface area contributed by atoms with Crippen LogP contribution < -0.4 is 5.32 Å². The average molecular weight is 284 g/mol. The highest BCUT2D eigenvalue weighted by Gasteiger charge is 2.30. The lowest BCUT2D eigenvalue weighted by Gasteiger charge is -2.29. The molecule has 0 saturated carbocycles. The van der Waals surface area contributed by atoms with Crippen molar-refractivity contribution in [2.24, 2.45) is 0 Å². The van der Waals surface area contributed by atoms with Crippen LogP contribution in [0.25, 0.3) is 0 Å². The van der Waals surface area contributed by atoms with Crippen LogP contribution in [0.2, 0.25) is 0 Å². The molecule has 2 saturated heterocycles. The molecule has 1 atom stereocenters. The zero-order valence-corrected chi connectivity index (χ0v) is 12.0. The second-order valence-corrected chi connectivity index (χ2v) is 5.30. The molecule has 2 aliphatic heterocycles. The van der Waals surface area contributed by atoms with E-state index in [9.17, 15) is 14.7 Å². The normalized spacial score (nSPS) is 23.6. The van der Waals surface area contributed by atoms with Crippen LogP contribution in [0, 0.1) is 0 Å². The van der Waals surface area contributed by atoms with E-state index in [0.717, 1.165) is 32.7 Å². The van der Waals surface area contributed by atoms with E-state index in [1.54, 1.807) is 0 Å². The fraction of sp³-hybridized carbons (Fsp3) is 0.846. The first-order chi connectivity index (χ1) is 9.63. The number of carbonyl (C=O) groups excluding carboxylic acids is 1. The molecule has 7 heteroatoms. The minimum atomic E-state index is -0.781. The molecule has 2 rings (SSSR count). The van der Waals surface area contributed by atoms with Crippen molar-refractivity contribution in [3.63, 3.8) is 0 Å². The molecule has 2 heterocycles.